The van der Waals surface area contributed by atoms with Crippen LogP contribution in [0, 0.1) is 0 Å². The van der Waals surface area contributed by atoms with Crippen LogP contribution in [0.15, 0.2) is 30.3 Å². The van der Waals surface area contributed by atoms with Crippen molar-refractivity contribution in [1.29, 1.82) is 0 Å². The molecule has 0 aliphatic carbocycles. The molecular formula is C13H20ClN3O. The maximum absolute atomic E-state index is 11.6. The Morgan fingerprint density at radius 3 is 2.78 bits per heavy atom. The van der Waals surface area contributed by atoms with Gasteiger partial charge in [-0.25, -0.2) is 4.79 Å². The smallest absolute Gasteiger partial charge is 0.315 e. The molecule has 0 unspecified atom stereocenters. The fourth-order valence-corrected chi connectivity index (χ4v) is 1.99. The Morgan fingerprint density at radius 1 is 1.33 bits per heavy atom. The molecule has 1 saturated heterocycles. The predicted molar refractivity (Wildman–Crippen MR) is 75.0 cm³/mol. The minimum atomic E-state index is -0.0810. The fraction of sp³-hybridized carbons (Fsp3) is 0.462. The van der Waals surface area contributed by atoms with E-state index in [9.17, 15) is 4.79 Å². The molecule has 1 fully saturated rings. The van der Waals surface area contributed by atoms with Crippen molar-refractivity contribution in [2.45, 2.75) is 25.4 Å². The summed E-state index contributed by atoms with van der Waals surface area (Å²) in [7, 11) is 0. The van der Waals surface area contributed by atoms with Crippen molar-refractivity contribution >= 4 is 18.4 Å². The maximum Gasteiger partial charge on any atom is 0.315 e. The second-order valence-electron chi connectivity index (χ2n) is 4.36. The summed E-state index contributed by atoms with van der Waals surface area (Å²) in [4.78, 5) is 11.6. The zero-order chi connectivity index (χ0) is 11.9. The van der Waals surface area contributed by atoms with E-state index in [0.717, 1.165) is 31.5 Å². The molecular weight excluding hydrogens is 250 g/mol. The summed E-state index contributed by atoms with van der Waals surface area (Å²) in [5.41, 5.74) is 1.12. The van der Waals surface area contributed by atoms with Gasteiger partial charge in [0, 0.05) is 19.1 Å². The summed E-state index contributed by atoms with van der Waals surface area (Å²) in [6, 6.07) is 10.1. The summed E-state index contributed by atoms with van der Waals surface area (Å²) >= 11 is 0. The first-order valence-corrected chi connectivity index (χ1v) is 6.13. The van der Waals surface area contributed by atoms with Crippen LogP contribution in [-0.4, -0.2) is 25.2 Å². The minimum Gasteiger partial charge on any atom is -0.334 e. The van der Waals surface area contributed by atoms with Gasteiger partial charge in [0.1, 0.15) is 0 Å². The molecule has 18 heavy (non-hydrogen) atoms. The normalized spacial score (nSPS) is 18.6. The highest BCUT2D eigenvalue weighted by Gasteiger charge is 2.14. The van der Waals surface area contributed by atoms with E-state index in [0.29, 0.717) is 6.54 Å². The van der Waals surface area contributed by atoms with E-state index in [-0.39, 0.29) is 24.5 Å². The first-order valence-electron chi connectivity index (χ1n) is 6.13. The van der Waals surface area contributed by atoms with Crippen molar-refractivity contribution in [2.24, 2.45) is 0 Å². The molecule has 5 heteroatoms. The van der Waals surface area contributed by atoms with Gasteiger partial charge in [0.2, 0.25) is 0 Å². The van der Waals surface area contributed by atoms with Crippen molar-refractivity contribution in [3.63, 3.8) is 0 Å². The Balaban J connectivity index is 0.00000162. The Labute approximate surface area is 114 Å². The number of benzene rings is 1. The first-order chi connectivity index (χ1) is 8.34. The lowest BCUT2D eigenvalue weighted by Gasteiger charge is -2.23. The third kappa shape index (κ3) is 4.94. The molecule has 100 valence electrons. The van der Waals surface area contributed by atoms with Crippen molar-refractivity contribution in [3.05, 3.63) is 35.9 Å². The van der Waals surface area contributed by atoms with E-state index in [1.54, 1.807) is 0 Å². The second-order valence-corrected chi connectivity index (χ2v) is 4.36. The fourth-order valence-electron chi connectivity index (χ4n) is 1.99. The lowest BCUT2D eigenvalue weighted by molar-refractivity contribution is 0.233. The van der Waals surface area contributed by atoms with Gasteiger partial charge in [-0.2, -0.15) is 0 Å². The third-order valence-corrected chi connectivity index (χ3v) is 2.93. The van der Waals surface area contributed by atoms with Crippen LogP contribution in [0.2, 0.25) is 0 Å². The molecule has 1 aromatic rings. The Hall–Kier alpha value is -1.26. The summed E-state index contributed by atoms with van der Waals surface area (Å²) in [6.45, 7) is 2.51. The molecule has 1 heterocycles. The molecule has 1 aliphatic rings. The van der Waals surface area contributed by atoms with Crippen LogP contribution in [0.25, 0.3) is 0 Å². The van der Waals surface area contributed by atoms with Crippen LogP contribution >= 0.6 is 12.4 Å². The van der Waals surface area contributed by atoms with Gasteiger partial charge in [0.05, 0.1) is 0 Å². The lowest BCUT2D eigenvalue weighted by atomic mass is 10.1. The highest BCUT2D eigenvalue weighted by molar-refractivity contribution is 5.85. The minimum absolute atomic E-state index is 0. The first kappa shape index (κ1) is 14.8. The number of halogens is 1. The number of rotatable bonds is 3. The quantitative estimate of drug-likeness (QED) is 0.782. The van der Waals surface area contributed by atoms with Crippen LogP contribution in [0.3, 0.4) is 0 Å². The van der Waals surface area contributed by atoms with Crippen molar-refractivity contribution in [2.75, 3.05) is 13.1 Å². The largest absolute Gasteiger partial charge is 0.334 e. The zero-order valence-corrected chi connectivity index (χ0v) is 11.1. The van der Waals surface area contributed by atoms with Crippen LogP contribution in [0.1, 0.15) is 18.4 Å². The van der Waals surface area contributed by atoms with Gasteiger partial charge >= 0.3 is 6.03 Å². The van der Waals surface area contributed by atoms with Gasteiger partial charge in [-0.3, -0.25) is 0 Å². The number of carbonyl (C=O) groups is 1. The van der Waals surface area contributed by atoms with Gasteiger partial charge in [0.25, 0.3) is 0 Å². The van der Waals surface area contributed by atoms with Gasteiger partial charge in [-0.1, -0.05) is 30.3 Å². The highest BCUT2D eigenvalue weighted by atomic mass is 35.5. The molecule has 0 bridgehead atoms. The van der Waals surface area contributed by atoms with Crippen LogP contribution in [0.5, 0.6) is 0 Å². The molecule has 0 saturated carbocycles. The standard InChI is InChI=1S/C13H19N3O.ClH/c17-13(16-12-7-4-8-14-10-12)15-9-11-5-2-1-3-6-11;/h1-3,5-6,12,14H,4,7-10H2,(H2,15,16,17);1H/t12-;/m0./s1. The molecule has 0 aromatic heterocycles. The van der Waals surface area contributed by atoms with E-state index in [4.69, 9.17) is 0 Å². The van der Waals surface area contributed by atoms with E-state index >= 15 is 0 Å². The summed E-state index contributed by atoms with van der Waals surface area (Å²) < 4.78 is 0. The van der Waals surface area contributed by atoms with Gasteiger partial charge in [-0.05, 0) is 24.9 Å². The Morgan fingerprint density at radius 2 is 2.11 bits per heavy atom. The number of piperidine rings is 1. The molecule has 1 aliphatic heterocycles. The molecule has 4 nitrogen and oxygen atoms in total. The van der Waals surface area contributed by atoms with Crippen molar-refractivity contribution < 1.29 is 4.79 Å². The third-order valence-electron chi connectivity index (χ3n) is 2.93. The molecule has 1 atom stereocenters. The van der Waals surface area contributed by atoms with E-state index in [1.807, 2.05) is 30.3 Å². The molecule has 1 aromatic carbocycles. The topological polar surface area (TPSA) is 53.2 Å². The molecule has 0 radical (unpaired) electrons. The molecule has 3 N–H and O–H groups in total. The Kier molecular flexibility index (Phi) is 6.54. The average molecular weight is 270 g/mol. The maximum atomic E-state index is 11.6. The SMILES string of the molecule is Cl.O=C(NCc1ccccc1)N[C@H]1CCCNC1. The molecule has 2 amide bonds. The number of hydrogen-bond donors (Lipinski definition) is 3. The van der Waals surface area contributed by atoms with Crippen LogP contribution in [0.4, 0.5) is 4.79 Å². The summed E-state index contributed by atoms with van der Waals surface area (Å²) in [5.74, 6) is 0. The van der Waals surface area contributed by atoms with Crippen molar-refractivity contribution in [3.8, 4) is 0 Å². The number of hydrogen-bond acceptors (Lipinski definition) is 2. The van der Waals surface area contributed by atoms with E-state index in [1.165, 1.54) is 0 Å². The average Bonchev–Trinajstić information content (AvgIpc) is 2.39. The van der Waals surface area contributed by atoms with Gasteiger partial charge < -0.3 is 16.0 Å². The highest BCUT2D eigenvalue weighted by Crippen LogP contribution is 2.01. The number of amides is 2. The molecule has 0 spiro atoms. The van der Waals surface area contributed by atoms with Crippen molar-refractivity contribution in [1.82, 2.24) is 16.0 Å². The zero-order valence-electron chi connectivity index (χ0n) is 10.3. The van der Waals surface area contributed by atoms with Gasteiger partial charge in [-0.15, -0.1) is 12.4 Å². The van der Waals surface area contributed by atoms with E-state index in [2.05, 4.69) is 16.0 Å². The lowest BCUT2D eigenvalue weighted by Crippen LogP contribution is -2.48. The van der Waals surface area contributed by atoms with Crippen LogP contribution in [-0.2, 0) is 6.54 Å². The summed E-state index contributed by atoms with van der Waals surface area (Å²) in [5, 5.41) is 9.12. The molecule has 2 rings (SSSR count). The monoisotopic (exact) mass is 269 g/mol. The second kappa shape index (κ2) is 7.95. The van der Waals surface area contributed by atoms with E-state index < -0.39 is 0 Å². The summed E-state index contributed by atoms with van der Waals surface area (Å²) in [6.07, 6.45) is 2.19. The number of carbonyl (C=O) groups excluding carboxylic acids is 1. The number of urea groups is 1. The number of nitrogens with one attached hydrogen (secondary N) is 3. The van der Waals surface area contributed by atoms with Gasteiger partial charge in [0.15, 0.2) is 0 Å². The van der Waals surface area contributed by atoms with Crippen LogP contribution < -0.4 is 16.0 Å². The Bertz CT molecular complexity index is 353. The predicted octanol–water partition coefficient (Wildman–Crippen LogP) is 1.66.